The number of benzene rings is 1. The summed E-state index contributed by atoms with van der Waals surface area (Å²) in [6, 6.07) is 6.93. The largest absolute Gasteiger partial charge is 0.335 e. The second-order valence-corrected chi connectivity index (χ2v) is 10.2. The van der Waals surface area contributed by atoms with E-state index in [9.17, 15) is 13.2 Å². The van der Waals surface area contributed by atoms with E-state index in [0.29, 0.717) is 21.0 Å². The summed E-state index contributed by atoms with van der Waals surface area (Å²) in [5.41, 5.74) is 1.37. The molecule has 2 aliphatic rings. The Bertz CT molecular complexity index is 965. The molecule has 0 spiro atoms. The molecule has 1 fully saturated rings. The molecule has 0 unspecified atom stereocenters. The summed E-state index contributed by atoms with van der Waals surface area (Å²) in [5.74, 6) is -0.0610. The van der Waals surface area contributed by atoms with Crippen molar-refractivity contribution in [1.29, 1.82) is 0 Å². The van der Waals surface area contributed by atoms with E-state index in [2.05, 4.69) is 6.92 Å². The monoisotopic (exact) mass is 395 g/mol. The van der Waals surface area contributed by atoms with Gasteiger partial charge in [0, 0.05) is 28.0 Å². The number of halogens is 1. The molecule has 1 atom stereocenters. The average Bonchev–Trinajstić information content (AvgIpc) is 2.98. The SMILES string of the molecule is C[C@H]1CCCCN1C(=O)c1cc2c(s1)-c1ccc(Cl)cc1S(=O)(=O)C2. The molecule has 1 aromatic carbocycles. The Hall–Kier alpha value is -1.37. The van der Waals surface area contributed by atoms with Gasteiger partial charge >= 0.3 is 0 Å². The molecule has 0 bridgehead atoms. The molecule has 1 aromatic heterocycles. The number of amides is 1. The molecule has 1 amide bonds. The van der Waals surface area contributed by atoms with Crippen molar-refractivity contribution >= 4 is 38.7 Å². The summed E-state index contributed by atoms with van der Waals surface area (Å²) in [6.07, 6.45) is 3.20. The van der Waals surface area contributed by atoms with Gasteiger partial charge in [0.05, 0.1) is 15.5 Å². The van der Waals surface area contributed by atoms with E-state index in [-0.39, 0.29) is 22.6 Å². The van der Waals surface area contributed by atoms with Gasteiger partial charge in [0.25, 0.3) is 5.91 Å². The van der Waals surface area contributed by atoms with Gasteiger partial charge in [0.1, 0.15) is 0 Å². The first kappa shape index (κ1) is 17.1. The van der Waals surface area contributed by atoms with Gasteiger partial charge in [-0.25, -0.2) is 8.42 Å². The highest BCUT2D eigenvalue weighted by Crippen LogP contribution is 2.44. The number of carbonyl (C=O) groups excluding carboxylic acids is 1. The van der Waals surface area contributed by atoms with E-state index < -0.39 is 9.84 Å². The van der Waals surface area contributed by atoms with Crippen LogP contribution in [0.5, 0.6) is 0 Å². The molecule has 0 aliphatic carbocycles. The Morgan fingerprint density at radius 1 is 1.28 bits per heavy atom. The number of carbonyl (C=O) groups is 1. The molecule has 3 heterocycles. The third-order valence-electron chi connectivity index (χ3n) is 4.95. The molecule has 132 valence electrons. The molecule has 4 nitrogen and oxygen atoms in total. The van der Waals surface area contributed by atoms with Crippen LogP contribution in [-0.4, -0.2) is 31.8 Å². The zero-order chi connectivity index (χ0) is 17.8. The predicted molar refractivity (Wildman–Crippen MR) is 100 cm³/mol. The van der Waals surface area contributed by atoms with E-state index in [1.807, 2.05) is 4.90 Å². The number of sulfone groups is 1. The Balaban J connectivity index is 1.77. The molecule has 2 aliphatic heterocycles. The highest BCUT2D eigenvalue weighted by Gasteiger charge is 2.33. The zero-order valence-corrected chi connectivity index (χ0v) is 16.2. The number of rotatable bonds is 1. The second kappa shape index (κ2) is 6.11. The first-order chi connectivity index (χ1) is 11.9. The van der Waals surface area contributed by atoms with Crippen LogP contribution >= 0.6 is 22.9 Å². The minimum atomic E-state index is -3.43. The fourth-order valence-corrected chi connectivity index (χ4v) is 6.81. The Morgan fingerprint density at radius 2 is 2.08 bits per heavy atom. The van der Waals surface area contributed by atoms with Crippen LogP contribution in [0.3, 0.4) is 0 Å². The number of likely N-dealkylation sites (tertiary alicyclic amines) is 1. The molecule has 2 aromatic rings. The minimum Gasteiger partial charge on any atom is -0.335 e. The van der Waals surface area contributed by atoms with Crippen molar-refractivity contribution in [2.45, 2.75) is 42.9 Å². The fraction of sp³-hybridized carbons (Fsp3) is 0.389. The molecule has 0 radical (unpaired) electrons. The van der Waals surface area contributed by atoms with Crippen LogP contribution in [0.4, 0.5) is 0 Å². The fourth-order valence-electron chi connectivity index (χ4n) is 3.63. The molecule has 0 saturated carbocycles. The standard InChI is InChI=1S/C18H18ClNO3S2/c1-11-4-2-3-7-20(11)18(21)15-8-12-10-25(22,23)16-9-13(19)5-6-14(16)17(12)24-15/h5-6,8-9,11H,2-4,7,10H2,1H3/t11-/m0/s1. The van der Waals surface area contributed by atoms with Crippen LogP contribution in [-0.2, 0) is 15.6 Å². The molecule has 0 N–H and O–H groups in total. The predicted octanol–water partition coefficient (Wildman–Crippen LogP) is 4.37. The highest BCUT2D eigenvalue weighted by atomic mass is 35.5. The number of piperidine rings is 1. The van der Waals surface area contributed by atoms with Crippen molar-refractivity contribution in [2.75, 3.05) is 6.54 Å². The van der Waals surface area contributed by atoms with Crippen LogP contribution in [0.25, 0.3) is 10.4 Å². The maximum absolute atomic E-state index is 12.9. The van der Waals surface area contributed by atoms with Gasteiger partial charge < -0.3 is 4.90 Å². The van der Waals surface area contributed by atoms with Gasteiger partial charge in [0.15, 0.2) is 9.84 Å². The highest BCUT2D eigenvalue weighted by molar-refractivity contribution is 7.91. The van der Waals surface area contributed by atoms with Crippen molar-refractivity contribution in [2.24, 2.45) is 0 Å². The number of nitrogens with zero attached hydrogens (tertiary/aromatic N) is 1. The van der Waals surface area contributed by atoms with Crippen molar-refractivity contribution in [3.8, 4) is 10.4 Å². The third kappa shape index (κ3) is 2.90. The first-order valence-electron chi connectivity index (χ1n) is 8.33. The summed E-state index contributed by atoms with van der Waals surface area (Å²) in [4.78, 5) is 16.6. The molecule has 4 rings (SSSR count). The Kier molecular flexibility index (Phi) is 4.17. The lowest BCUT2D eigenvalue weighted by Gasteiger charge is -2.33. The van der Waals surface area contributed by atoms with E-state index in [1.54, 1.807) is 18.2 Å². The van der Waals surface area contributed by atoms with Crippen LogP contribution in [0.15, 0.2) is 29.2 Å². The average molecular weight is 396 g/mol. The van der Waals surface area contributed by atoms with E-state index in [0.717, 1.165) is 30.7 Å². The molecular formula is C18H18ClNO3S2. The summed E-state index contributed by atoms with van der Waals surface area (Å²) < 4.78 is 25.1. The maximum atomic E-state index is 12.9. The third-order valence-corrected chi connectivity index (χ3v) is 8.09. The lowest BCUT2D eigenvalue weighted by atomic mass is 10.0. The second-order valence-electron chi connectivity index (χ2n) is 6.71. The molecule has 7 heteroatoms. The van der Waals surface area contributed by atoms with Crippen LogP contribution < -0.4 is 0 Å². The van der Waals surface area contributed by atoms with Crippen LogP contribution in [0, 0.1) is 0 Å². The topological polar surface area (TPSA) is 54.5 Å². The lowest BCUT2D eigenvalue weighted by molar-refractivity contribution is 0.0640. The van der Waals surface area contributed by atoms with Gasteiger partial charge in [0.2, 0.25) is 0 Å². The van der Waals surface area contributed by atoms with Crippen molar-refractivity contribution in [3.63, 3.8) is 0 Å². The van der Waals surface area contributed by atoms with Gasteiger partial charge in [-0.3, -0.25) is 4.79 Å². The van der Waals surface area contributed by atoms with Gasteiger partial charge in [-0.05, 0) is 49.9 Å². The van der Waals surface area contributed by atoms with Gasteiger partial charge in [-0.2, -0.15) is 0 Å². The Morgan fingerprint density at radius 3 is 2.84 bits per heavy atom. The van der Waals surface area contributed by atoms with E-state index >= 15 is 0 Å². The molecule has 1 saturated heterocycles. The summed E-state index contributed by atoms with van der Waals surface area (Å²) in [7, 11) is -3.43. The molecule has 25 heavy (non-hydrogen) atoms. The smallest absolute Gasteiger partial charge is 0.264 e. The van der Waals surface area contributed by atoms with Gasteiger partial charge in [-0.1, -0.05) is 17.7 Å². The first-order valence-corrected chi connectivity index (χ1v) is 11.2. The summed E-state index contributed by atoms with van der Waals surface area (Å²) in [5, 5.41) is 0.403. The van der Waals surface area contributed by atoms with Gasteiger partial charge in [-0.15, -0.1) is 11.3 Å². The number of fused-ring (bicyclic) bond motifs is 3. The summed E-state index contributed by atoms with van der Waals surface area (Å²) in [6.45, 7) is 2.85. The number of hydrogen-bond donors (Lipinski definition) is 0. The maximum Gasteiger partial charge on any atom is 0.264 e. The zero-order valence-electron chi connectivity index (χ0n) is 13.8. The van der Waals surface area contributed by atoms with Crippen LogP contribution in [0.2, 0.25) is 5.02 Å². The van der Waals surface area contributed by atoms with Crippen molar-refractivity contribution < 1.29 is 13.2 Å². The van der Waals surface area contributed by atoms with Crippen molar-refractivity contribution in [1.82, 2.24) is 4.90 Å². The van der Waals surface area contributed by atoms with E-state index in [4.69, 9.17) is 11.6 Å². The Labute approximate surface area is 156 Å². The minimum absolute atomic E-state index is 0.0134. The van der Waals surface area contributed by atoms with Crippen LogP contribution in [0.1, 0.15) is 41.4 Å². The summed E-state index contributed by atoms with van der Waals surface area (Å²) >= 11 is 7.37. The quantitative estimate of drug-likeness (QED) is 0.720. The number of thiophene rings is 1. The van der Waals surface area contributed by atoms with Crippen molar-refractivity contribution in [3.05, 3.63) is 39.7 Å². The number of hydrogen-bond acceptors (Lipinski definition) is 4. The molecular weight excluding hydrogens is 378 g/mol. The van der Waals surface area contributed by atoms with E-state index in [1.165, 1.54) is 17.4 Å². The lowest BCUT2D eigenvalue weighted by Crippen LogP contribution is -2.41. The normalized spacial score (nSPS) is 21.5.